The summed E-state index contributed by atoms with van der Waals surface area (Å²) in [5.74, 6) is -0.910. The minimum atomic E-state index is -0.518. The summed E-state index contributed by atoms with van der Waals surface area (Å²) >= 11 is 4.93. The van der Waals surface area contributed by atoms with Gasteiger partial charge < -0.3 is 0 Å². The zero-order chi connectivity index (χ0) is 19.8. The predicted molar refractivity (Wildman–Crippen MR) is 105 cm³/mol. The molecule has 2 aromatic carbocycles. The van der Waals surface area contributed by atoms with Crippen LogP contribution in [0.3, 0.4) is 0 Å². The van der Waals surface area contributed by atoms with E-state index in [1.165, 1.54) is 36.4 Å². The van der Waals surface area contributed by atoms with Crippen LogP contribution in [-0.4, -0.2) is 21.9 Å². The number of benzene rings is 2. The van der Waals surface area contributed by atoms with Gasteiger partial charge in [0.2, 0.25) is 5.91 Å². The summed E-state index contributed by atoms with van der Waals surface area (Å²) in [4.78, 5) is 33.9. The molecule has 9 heteroatoms. The number of hydrogen-bond acceptors (Lipinski definition) is 5. The van der Waals surface area contributed by atoms with Crippen LogP contribution < -0.4 is 16.2 Å². The lowest BCUT2D eigenvalue weighted by Gasteiger charge is -2.10. The molecule has 0 aromatic heterocycles. The Hall–Kier alpha value is -3.59. The Kier molecular flexibility index (Phi) is 6.73. The van der Waals surface area contributed by atoms with Crippen LogP contribution in [0.4, 0.5) is 5.69 Å². The first-order valence-electron chi connectivity index (χ1n) is 7.75. The highest BCUT2D eigenvalue weighted by molar-refractivity contribution is 7.80. The van der Waals surface area contributed by atoms with E-state index in [0.717, 1.165) is 5.56 Å². The summed E-state index contributed by atoms with van der Waals surface area (Å²) in [6, 6.07) is 12.7. The maximum absolute atomic E-state index is 12.0. The first kappa shape index (κ1) is 19.7. The molecule has 0 heterocycles. The number of rotatable bonds is 4. The molecule has 0 aliphatic carbocycles. The van der Waals surface area contributed by atoms with E-state index in [2.05, 4.69) is 16.2 Å². The number of carbonyl (C=O) groups is 2. The van der Waals surface area contributed by atoms with Gasteiger partial charge in [-0.1, -0.05) is 17.7 Å². The molecule has 2 aromatic rings. The second-order valence-electron chi connectivity index (χ2n) is 5.45. The molecule has 0 aliphatic heterocycles. The third kappa shape index (κ3) is 6.33. The van der Waals surface area contributed by atoms with Crippen molar-refractivity contribution in [3.05, 3.63) is 81.4 Å². The molecular formula is C18H16N4O4S. The van der Waals surface area contributed by atoms with E-state index >= 15 is 0 Å². The standard InChI is InChI=1S/C18H16N4O4S/c1-12-3-2-4-14(11-12)17(24)20-21-18(27)19-16(23)10-7-13-5-8-15(9-6-13)22(25)26/h2-11H,1H3,(H,20,24)(H2,19,21,23,27)/b10-7+. The number of hydrogen-bond donors (Lipinski definition) is 3. The minimum absolute atomic E-state index is 0.0358. The number of non-ortho nitro benzene ring substituents is 1. The highest BCUT2D eigenvalue weighted by atomic mass is 32.1. The molecule has 0 spiro atoms. The van der Waals surface area contributed by atoms with Crippen molar-refractivity contribution in [3.8, 4) is 0 Å². The van der Waals surface area contributed by atoms with Gasteiger partial charge in [-0.15, -0.1) is 0 Å². The lowest BCUT2D eigenvalue weighted by molar-refractivity contribution is -0.384. The Morgan fingerprint density at radius 2 is 1.81 bits per heavy atom. The molecule has 138 valence electrons. The van der Waals surface area contributed by atoms with Crippen LogP contribution in [0.25, 0.3) is 6.08 Å². The van der Waals surface area contributed by atoms with Gasteiger partial charge in [-0.2, -0.15) is 0 Å². The largest absolute Gasteiger partial charge is 0.298 e. The van der Waals surface area contributed by atoms with E-state index in [-0.39, 0.29) is 10.8 Å². The second kappa shape index (κ2) is 9.20. The van der Waals surface area contributed by atoms with E-state index in [0.29, 0.717) is 11.1 Å². The third-order valence-electron chi connectivity index (χ3n) is 3.34. The van der Waals surface area contributed by atoms with Gasteiger partial charge in [-0.3, -0.25) is 35.9 Å². The van der Waals surface area contributed by atoms with Crippen molar-refractivity contribution < 1.29 is 14.5 Å². The van der Waals surface area contributed by atoms with E-state index in [9.17, 15) is 19.7 Å². The molecule has 2 amide bonds. The Morgan fingerprint density at radius 3 is 2.44 bits per heavy atom. The van der Waals surface area contributed by atoms with Crippen LogP contribution in [0, 0.1) is 17.0 Å². The molecule has 0 radical (unpaired) electrons. The number of carbonyl (C=O) groups excluding carboxylic acids is 2. The number of thiocarbonyl (C=S) groups is 1. The topological polar surface area (TPSA) is 113 Å². The number of nitro groups is 1. The lowest BCUT2D eigenvalue weighted by Crippen LogP contribution is -2.48. The molecule has 0 saturated heterocycles. The van der Waals surface area contributed by atoms with Crippen molar-refractivity contribution in [3.63, 3.8) is 0 Å². The van der Waals surface area contributed by atoms with Gasteiger partial charge in [0.1, 0.15) is 0 Å². The molecule has 8 nitrogen and oxygen atoms in total. The molecule has 0 aliphatic rings. The fraction of sp³-hybridized carbons (Fsp3) is 0.0556. The number of nitrogens with one attached hydrogen (secondary N) is 3. The van der Waals surface area contributed by atoms with Gasteiger partial charge in [0.05, 0.1) is 4.92 Å². The summed E-state index contributed by atoms with van der Waals surface area (Å²) in [5, 5.41) is 12.9. The van der Waals surface area contributed by atoms with Crippen LogP contribution in [0.1, 0.15) is 21.5 Å². The molecule has 3 N–H and O–H groups in total. The predicted octanol–water partition coefficient (Wildman–Crippen LogP) is 2.25. The fourth-order valence-electron chi connectivity index (χ4n) is 2.04. The summed E-state index contributed by atoms with van der Waals surface area (Å²) < 4.78 is 0. The summed E-state index contributed by atoms with van der Waals surface area (Å²) in [6.45, 7) is 1.87. The molecular weight excluding hydrogens is 368 g/mol. The average molecular weight is 384 g/mol. The fourth-order valence-corrected chi connectivity index (χ4v) is 2.19. The zero-order valence-electron chi connectivity index (χ0n) is 14.3. The number of nitrogens with zero attached hydrogens (tertiary/aromatic N) is 1. The molecule has 27 heavy (non-hydrogen) atoms. The maximum atomic E-state index is 12.0. The summed E-state index contributed by atoms with van der Waals surface area (Å²) in [7, 11) is 0. The van der Waals surface area contributed by atoms with E-state index in [1.54, 1.807) is 18.2 Å². The lowest BCUT2D eigenvalue weighted by atomic mass is 10.1. The zero-order valence-corrected chi connectivity index (χ0v) is 15.1. The molecule has 0 bridgehead atoms. The number of amides is 2. The molecule has 0 atom stereocenters. The van der Waals surface area contributed by atoms with Crippen molar-refractivity contribution >= 4 is 40.9 Å². The normalized spacial score (nSPS) is 10.3. The minimum Gasteiger partial charge on any atom is -0.298 e. The van der Waals surface area contributed by atoms with Gasteiger partial charge in [0.25, 0.3) is 11.6 Å². The highest BCUT2D eigenvalue weighted by Gasteiger charge is 2.07. The Morgan fingerprint density at radius 1 is 1.11 bits per heavy atom. The van der Waals surface area contributed by atoms with E-state index in [1.807, 2.05) is 13.0 Å². The highest BCUT2D eigenvalue weighted by Crippen LogP contribution is 2.12. The molecule has 0 saturated carbocycles. The average Bonchev–Trinajstić information content (AvgIpc) is 2.64. The monoisotopic (exact) mass is 384 g/mol. The number of aryl methyl sites for hydroxylation is 1. The maximum Gasteiger partial charge on any atom is 0.269 e. The second-order valence-corrected chi connectivity index (χ2v) is 5.86. The van der Waals surface area contributed by atoms with Crippen LogP contribution in [0.15, 0.2) is 54.6 Å². The summed E-state index contributed by atoms with van der Waals surface area (Å²) in [5.41, 5.74) is 6.80. The van der Waals surface area contributed by atoms with Gasteiger partial charge in [0.15, 0.2) is 5.11 Å². The van der Waals surface area contributed by atoms with Crippen LogP contribution in [0.2, 0.25) is 0 Å². The van der Waals surface area contributed by atoms with Gasteiger partial charge in [0, 0.05) is 23.8 Å². The Labute approximate surface area is 160 Å². The van der Waals surface area contributed by atoms with Crippen molar-refractivity contribution in [1.82, 2.24) is 16.2 Å². The quantitative estimate of drug-likeness (QED) is 0.322. The van der Waals surface area contributed by atoms with Crippen molar-refractivity contribution in [2.24, 2.45) is 0 Å². The van der Waals surface area contributed by atoms with E-state index in [4.69, 9.17) is 12.2 Å². The Bertz CT molecular complexity index is 910. The molecule has 0 fully saturated rings. The third-order valence-corrected chi connectivity index (χ3v) is 3.54. The van der Waals surface area contributed by atoms with Gasteiger partial charge >= 0.3 is 0 Å². The smallest absolute Gasteiger partial charge is 0.269 e. The SMILES string of the molecule is Cc1cccc(C(=O)NNC(=S)NC(=O)/C=C/c2ccc([N+](=O)[O-])cc2)c1. The summed E-state index contributed by atoms with van der Waals surface area (Å²) in [6.07, 6.45) is 2.70. The van der Waals surface area contributed by atoms with Crippen LogP contribution >= 0.6 is 12.2 Å². The number of nitro benzene ring substituents is 1. The number of hydrazine groups is 1. The van der Waals surface area contributed by atoms with Crippen LogP contribution in [-0.2, 0) is 4.79 Å². The molecule has 0 unspecified atom stereocenters. The van der Waals surface area contributed by atoms with Crippen molar-refractivity contribution in [1.29, 1.82) is 0 Å². The van der Waals surface area contributed by atoms with Crippen molar-refractivity contribution in [2.45, 2.75) is 6.92 Å². The van der Waals surface area contributed by atoms with Crippen molar-refractivity contribution in [2.75, 3.05) is 0 Å². The van der Waals surface area contributed by atoms with Gasteiger partial charge in [-0.05, 0) is 55.0 Å². The first-order valence-corrected chi connectivity index (χ1v) is 8.16. The molecule has 2 rings (SSSR count). The van der Waals surface area contributed by atoms with Crippen LogP contribution in [0.5, 0.6) is 0 Å². The van der Waals surface area contributed by atoms with E-state index < -0.39 is 16.7 Å². The first-order chi connectivity index (χ1) is 12.8. The van der Waals surface area contributed by atoms with Gasteiger partial charge in [-0.25, -0.2) is 0 Å². The Balaban J connectivity index is 1.81.